The number of ether oxygens (including phenoxy) is 1. The number of nitrogens with one attached hydrogen (secondary N) is 2. The van der Waals surface area contributed by atoms with Gasteiger partial charge in [-0.2, -0.15) is 5.26 Å². The Morgan fingerprint density at radius 2 is 1.92 bits per heavy atom. The number of halogens is 2. The second kappa shape index (κ2) is 11.6. The zero-order valence-electron chi connectivity index (χ0n) is 22.5. The molecular weight excluding hydrogens is 533 g/mol. The first-order valence-corrected chi connectivity index (χ1v) is 13.7. The fourth-order valence-corrected chi connectivity index (χ4v) is 6.02. The Balaban J connectivity index is 1.80. The predicted octanol–water partition coefficient (Wildman–Crippen LogP) is 6.63. The van der Waals surface area contributed by atoms with Gasteiger partial charge in [-0.15, -0.1) is 11.6 Å². The fraction of sp³-hybridized carbons (Fsp3) is 0.387. The van der Waals surface area contributed by atoms with Gasteiger partial charge in [-0.05, 0) is 65.8 Å². The number of allylic oxidation sites excluding steroid dienone is 3. The smallest absolute Gasteiger partial charge is 0.337 e. The van der Waals surface area contributed by atoms with E-state index in [0.717, 1.165) is 11.1 Å². The molecule has 6 nitrogen and oxygen atoms in total. The normalized spacial score (nSPS) is 26.4. The summed E-state index contributed by atoms with van der Waals surface area (Å²) < 4.78 is 4.77. The average molecular weight is 567 g/mol. The van der Waals surface area contributed by atoms with Gasteiger partial charge in [0.05, 0.1) is 30.2 Å². The molecule has 0 saturated carbocycles. The number of esters is 1. The lowest BCUT2D eigenvalue weighted by Gasteiger charge is -2.38. The molecule has 2 unspecified atom stereocenters. The number of alkyl halides is 1. The molecule has 39 heavy (non-hydrogen) atoms. The van der Waals surface area contributed by atoms with Crippen LogP contribution in [0, 0.1) is 22.2 Å². The lowest BCUT2D eigenvalue weighted by atomic mass is 9.62. The topological polar surface area (TPSA) is 91.2 Å². The van der Waals surface area contributed by atoms with E-state index >= 15 is 0 Å². The van der Waals surface area contributed by atoms with E-state index in [-0.39, 0.29) is 22.7 Å². The number of nitrogens with zero attached hydrogens (tertiary/aromatic N) is 1. The Kier molecular flexibility index (Phi) is 8.56. The molecule has 204 valence electrons. The summed E-state index contributed by atoms with van der Waals surface area (Å²) in [5.74, 6) is -1.27. The Hall–Kier alpha value is -3.11. The van der Waals surface area contributed by atoms with Crippen LogP contribution in [-0.4, -0.2) is 36.4 Å². The molecule has 5 atom stereocenters. The molecule has 1 saturated heterocycles. The van der Waals surface area contributed by atoms with Crippen LogP contribution in [0.4, 0.5) is 5.69 Å². The lowest BCUT2D eigenvalue weighted by Crippen LogP contribution is -2.43. The van der Waals surface area contributed by atoms with Crippen LogP contribution in [0.3, 0.4) is 0 Å². The molecule has 2 aliphatic rings. The van der Waals surface area contributed by atoms with Gasteiger partial charge in [0, 0.05) is 22.7 Å². The number of rotatable bonds is 6. The molecular formula is C31H33Cl2N3O3. The first kappa shape index (κ1) is 28.9. The van der Waals surface area contributed by atoms with E-state index in [1.165, 1.54) is 7.11 Å². The molecule has 2 aromatic carbocycles. The number of hydrogen-bond donors (Lipinski definition) is 2. The zero-order chi connectivity index (χ0) is 28.4. The molecule has 8 heteroatoms. The average Bonchev–Trinajstić information content (AvgIpc) is 3.22. The number of hydrogen-bond acceptors (Lipinski definition) is 5. The first-order chi connectivity index (χ1) is 18.5. The van der Waals surface area contributed by atoms with Gasteiger partial charge in [-0.1, -0.05) is 62.7 Å². The van der Waals surface area contributed by atoms with Crippen LogP contribution in [0.1, 0.15) is 55.5 Å². The molecule has 0 aromatic heterocycles. The molecule has 1 fully saturated rings. The summed E-state index contributed by atoms with van der Waals surface area (Å²) in [5, 5.41) is 17.9. The minimum atomic E-state index is -1.05. The van der Waals surface area contributed by atoms with E-state index in [9.17, 15) is 14.9 Å². The van der Waals surface area contributed by atoms with Crippen LogP contribution in [-0.2, 0) is 9.53 Å². The molecule has 0 spiro atoms. The summed E-state index contributed by atoms with van der Waals surface area (Å²) in [5.41, 5.74) is 1.39. The van der Waals surface area contributed by atoms with E-state index in [2.05, 4.69) is 37.5 Å². The molecule has 1 aliphatic heterocycles. The van der Waals surface area contributed by atoms with Crippen molar-refractivity contribution in [2.24, 2.45) is 10.8 Å². The highest BCUT2D eigenvalue weighted by Crippen LogP contribution is 2.55. The molecule has 2 N–H and O–H groups in total. The maximum Gasteiger partial charge on any atom is 0.337 e. The van der Waals surface area contributed by atoms with Crippen molar-refractivity contribution in [1.82, 2.24) is 5.32 Å². The Labute approximate surface area is 240 Å². The molecule has 1 aliphatic carbocycles. The van der Waals surface area contributed by atoms with Crippen molar-refractivity contribution in [1.29, 1.82) is 5.26 Å². The van der Waals surface area contributed by atoms with Crippen molar-refractivity contribution in [2.75, 3.05) is 12.4 Å². The van der Waals surface area contributed by atoms with Crippen molar-refractivity contribution in [3.05, 3.63) is 88.5 Å². The second-order valence-corrected chi connectivity index (χ2v) is 12.3. The Morgan fingerprint density at radius 3 is 2.49 bits per heavy atom. The highest BCUT2D eigenvalue weighted by molar-refractivity contribution is 6.30. The molecule has 1 amide bonds. The predicted molar refractivity (Wildman–Crippen MR) is 155 cm³/mol. The third-order valence-electron chi connectivity index (χ3n) is 7.34. The van der Waals surface area contributed by atoms with Gasteiger partial charge in [-0.3, -0.25) is 4.79 Å². The quantitative estimate of drug-likeness (QED) is 0.303. The van der Waals surface area contributed by atoms with Gasteiger partial charge in [0.25, 0.3) is 0 Å². The zero-order valence-corrected chi connectivity index (χ0v) is 24.0. The summed E-state index contributed by atoms with van der Waals surface area (Å²) in [6.45, 7) is 6.38. The second-order valence-electron chi connectivity index (χ2n) is 11.3. The van der Waals surface area contributed by atoms with Crippen molar-refractivity contribution in [2.45, 2.75) is 57.0 Å². The monoisotopic (exact) mass is 565 g/mol. The number of benzene rings is 2. The molecule has 4 rings (SSSR count). The molecule has 0 bridgehead atoms. The van der Waals surface area contributed by atoms with Gasteiger partial charge in [0.15, 0.2) is 0 Å². The van der Waals surface area contributed by atoms with Crippen LogP contribution in [0.2, 0.25) is 5.02 Å². The largest absolute Gasteiger partial charge is 0.465 e. The van der Waals surface area contributed by atoms with Crippen LogP contribution < -0.4 is 10.6 Å². The first-order valence-electron chi connectivity index (χ1n) is 12.9. The van der Waals surface area contributed by atoms with Gasteiger partial charge in [0.2, 0.25) is 5.91 Å². The Bertz CT molecular complexity index is 1340. The van der Waals surface area contributed by atoms with Crippen molar-refractivity contribution in [3.8, 4) is 6.07 Å². The van der Waals surface area contributed by atoms with E-state index in [0.29, 0.717) is 29.1 Å². The highest BCUT2D eigenvalue weighted by atomic mass is 35.5. The molecule has 0 radical (unpaired) electrons. The van der Waals surface area contributed by atoms with Crippen LogP contribution in [0.15, 0.2) is 72.3 Å². The van der Waals surface area contributed by atoms with Crippen LogP contribution in [0.25, 0.3) is 0 Å². The summed E-state index contributed by atoms with van der Waals surface area (Å²) in [6, 6.07) is 15.5. The van der Waals surface area contributed by atoms with Crippen molar-refractivity contribution < 1.29 is 14.3 Å². The maximum atomic E-state index is 13.9. The third kappa shape index (κ3) is 6.06. The van der Waals surface area contributed by atoms with E-state index in [4.69, 9.17) is 27.9 Å². The van der Waals surface area contributed by atoms with Gasteiger partial charge < -0.3 is 15.4 Å². The highest BCUT2D eigenvalue weighted by Gasteiger charge is 2.60. The maximum absolute atomic E-state index is 13.9. The molecule has 1 heterocycles. The van der Waals surface area contributed by atoms with E-state index in [1.54, 1.807) is 30.3 Å². The van der Waals surface area contributed by atoms with E-state index < -0.39 is 23.3 Å². The number of carbonyl (C=O) groups is 2. The van der Waals surface area contributed by atoms with Crippen LogP contribution in [0.5, 0.6) is 0 Å². The van der Waals surface area contributed by atoms with Crippen LogP contribution >= 0.6 is 23.2 Å². The minimum absolute atomic E-state index is 0.123. The lowest BCUT2D eigenvalue weighted by molar-refractivity contribution is -0.118. The number of methoxy groups -OCH3 is 1. The Morgan fingerprint density at radius 1 is 1.21 bits per heavy atom. The number of nitriles is 1. The van der Waals surface area contributed by atoms with Crippen molar-refractivity contribution in [3.63, 3.8) is 0 Å². The molecule has 2 aromatic rings. The summed E-state index contributed by atoms with van der Waals surface area (Å²) in [6.07, 6.45) is 7.14. The number of amides is 1. The minimum Gasteiger partial charge on any atom is -0.465 e. The van der Waals surface area contributed by atoms with Gasteiger partial charge >= 0.3 is 5.97 Å². The van der Waals surface area contributed by atoms with E-state index in [1.807, 2.05) is 36.4 Å². The summed E-state index contributed by atoms with van der Waals surface area (Å²) >= 11 is 12.8. The van der Waals surface area contributed by atoms with Gasteiger partial charge in [0.1, 0.15) is 5.41 Å². The summed E-state index contributed by atoms with van der Waals surface area (Å²) in [7, 11) is 1.32. The van der Waals surface area contributed by atoms with Crippen molar-refractivity contribution >= 4 is 40.8 Å². The standard InChI is InChI=1S/C31H33Cl2N3O3/c1-30(2,3)17-25-31(18-34,21-10-12-22(32)13-11-21)26(20-6-5-7-23(33)16-20)27(36-25)28(37)35-24-14-8-19(9-15-24)29(38)39-4/h5-12,14-16,22,25-27,36H,13,17H2,1-4H3,(H,35,37)/t22?,25-,26-,27?,31-/m0/s1. The number of anilines is 1. The van der Waals surface area contributed by atoms with Gasteiger partial charge in [-0.25, -0.2) is 4.79 Å². The number of carbonyl (C=O) groups excluding carboxylic acids is 2. The summed E-state index contributed by atoms with van der Waals surface area (Å²) in [4.78, 5) is 25.8. The third-order valence-corrected chi connectivity index (χ3v) is 7.90. The fourth-order valence-electron chi connectivity index (χ4n) is 5.66. The SMILES string of the molecule is COC(=O)c1ccc(NC(=O)C2N[C@@H](CC(C)(C)C)[C@](C#N)(C3=CCC(Cl)C=C3)[C@H]2c2cccc(Cl)c2)cc1.